The van der Waals surface area contributed by atoms with Gasteiger partial charge in [-0.3, -0.25) is 33.7 Å². The van der Waals surface area contributed by atoms with Crippen molar-refractivity contribution in [1.29, 1.82) is 0 Å². The van der Waals surface area contributed by atoms with Gasteiger partial charge in [0.05, 0.1) is 27.8 Å². The van der Waals surface area contributed by atoms with E-state index in [9.17, 15) is 33.9 Å². The van der Waals surface area contributed by atoms with Crippen molar-refractivity contribution in [2.45, 2.75) is 141 Å². The maximum Gasteiger partial charge on any atom is 0.287 e. The lowest BCUT2D eigenvalue weighted by Gasteiger charge is -2.42. The van der Waals surface area contributed by atoms with Crippen LogP contribution in [0.5, 0.6) is 0 Å². The molecule has 0 aromatic carbocycles. The van der Waals surface area contributed by atoms with Crippen LogP contribution in [-0.4, -0.2) is 103 Å². The molecule has 1 aromatic rings. The second kappa shape index (κ2) is 17.5. The summed E-state index contributed by atoms with van der Waals surface area (Å²) >= 11 is 3.50. The van der Waals surface area contributed by atoms with Gasteiger partial charge in [0.15, 0.2) is 5.78 Å². The number of likely N-dealkylation sites (tertiary alicyclic amines) is 1. The highest BCUT2D eigenvalue weighted by atomic mass is 32.2. The largest absolute Gasteiger partial charge is 0.376 e. The van der Waals surface area contributed by atoms with Gasteiger partial charge >= 0.3 is 0 Å². The standard InChI is InChI=1S/C37H58N6O7S2/c1-8-13-24(29(45)31(38)46)40-32(47)25-18-37(51-16-12-17-52-37)19-43(25)35(50)30(36(5,6)7)42-33(48)27(23-14-10-9-11-15-23)41-34(49)28-26(22(4)44)20(2)21(3)39-28/h23-25,27,30,35,39,50H,8-19H2,1-7H3,(H2,38,46)(H,40,47)(H,41,49)(H,42,48)/t24-,25-,27-,30+,35?/m0/s1. The zero-order valence-electron chi connectivity index (χ0n) is 31.7. The van der Waals surface area contributed by atoms with Crippen molar-refractivity contribution in [3.63, 3.8) is 0 Å². The van der Waals surface area contributed by atoms with Gasteiger partial charge in [0.25, 0.3) is 11.8 Å². The third-order valence-electron chi connectivity index (χ3n) is 10.7. The molecule has 5 atom stereocenters. The molecule has 1 saturated carbocycles. The van der Waals surface area contributed by atoms with Crippen LogP contribution in [0.3, 0.4) is 0 Å². The number of hydrogen-bond acceptors (Lipinski definition) is 10. The molecular weight excluding hydrogens is 705 g/mol. The summed E-state index contributed by atoms with van der Waals surface area (Å²) in [6.07, 6.45) is 5.19. The molecule has 4 rings (SSSR count). The van der Waals surface area contributed by atoms with Gasteiger partial charge in [0, 0.05) is 12.2 Å². The number of primary amides is 1. The zero-order valence-corrected chi connectivity index (χ0v) is 33.3. The van der Waals surface area contributed by atoms with Gasteiger partial charge in [-0.25, -0.2) is 0 Å². The lowest BCUT2D eigenvalue weighted by molar-refractivity contribution is -0.141. The second-order valence-electron chi connectivity index (χ2n) is 15.7. The predicted octanol–water partition coefficient (Wildman–Crippen LogP) is 3.34. The molecule has 1 spiro atoms. The summed E-state index contributed by atoms with van der Waals surface area (Å²) in [6, 6.07) is -3.75. The number of nitrogens with zero attached hydrogens (tertiary/aromatic N) is 1. The van der Waals surface area contributed by atoms with Crippen LogP contribution in [0, 0.1) is 25.2 Å². The van der Waals surface area contributed by atoms with Crippen molar-refractivity contribution in [2.24, 2.45) is 17.1 Å². The van der Waals surface area contributed by atoms with Gasteiger partial charge in [-0.2, -0.15) is 0 Å². The molecule has 1 aliphatic carbocycles. The Hall–Kier alpha value is -2.88. The van der Waals surface area contributed by atoms with Crippen molar-refractivity contribution < 1.29 is 33.9 Å². The first-order valence-electron chi connectivity index (χ1n) is 18.6. The molecule has 13 nitrogen and oxygen atoms in total. The maximum atomic E-state index is 14.4. The van der Waals surface area contributed by atoms with E-state index < -0.39 is 65.2 Å². The van der Waals surface area contributed by atoms with E-state index in [-0.39, 0.29) is 27.9 Å². The highest BCUT2D eigenvalue weighted by molar-refractivity contribution is 8.18. The number of aliphatic hydroxyl groups is 1. The van der Waals surface area contributed by atoms with E-state index in [1.807, 2.05) is 27.7 Å². The molecule has 7 N–H and O–H groups in total. The first kappa shape index (κ1) is 41.9. The molecule has 3 fully saturated rings. The topological polar surface area (TPSA) is 204 Å². The molecule has 1 unspecified atom stereocenters. The number of Topliss-reactive ketones (excluding diaryl/α,β-unsaturated/α-hetero) is 2. The van der Waals surface area contributed by atoms with Crippen LogP contribution in [0.25, 0.3) is 0 Å². The van der Waals surface area contributed by atoms with Crippen LogP contribution in [-0.2, 0) is 19.2 Å². The summed E-state index contributed by atoms with van der Waals surface area (Å²) < 4.78 is -0.388. The number of ketones is 2. The molecule has 2 aliphatic heterocycles. The molecular formula is C37H58N6O7S2. The van der Waals surface area contributed by atoms with Gasteiger partial charge < -0.3 is 31.8 Å². The Labute approximate surface area is 315 Å². The molecule has 2 saturated heterocycles. The van der Waals surface area contributed by atoms with Crippen LogP contribution in [0.15, 0.2) is 0 Å². The third-order valence-corrected chi connectivity index (χ3v) is 14.1. The fourth-order valence-electron chi connectivity index (χ4n) is 7.79. The Morgan fingerprint density at radius 1 is 1.00 bits per heavy atom. The van der Waals surface area contributed by atoms with E-state index >= 15 is 0 Å². The number of nitrogens with two attached hydrogens (primary N) is 1. The average Bonchev–Trinajstić information content (AvgIpc) is 3.61. The Morgan fingerprint density at radius 3 is 2.19 bits per heavy atom. The summed E-state index contributed by atoms with van der Waals surface area (Å²) in [4.78, 5) is 84.0. The predicted molar refractivity (Wildman–Crippen MR) is 204 cm³/mol. The lowest BCUT2D eigenvalue weighted by atomic mass is 9.81. The number of H-pyrrole nitrogens is 1. The van der Waals surface area contributed by atoms with Gasteiger partial charge in [0.2, 0.25) is 17.6 Å². The van der Waals surface area contributed by atoms with E-state index in [0.29, 0.717) is 36.2 Å². The van der Waals surface area contributed by atoms with Gasteiger partial charge in [-0.1, -0.05) is 53.4 Å². The van der Waals surface area contributed by atoms with E-state index in [0.717, 1.165) is 50.0 Å². The highest BCUT2D eigenvalue weighted by Gasteiger charge is 2.53. The average molecular weight is 763 g/mol. The quantitative estimate of drug-likeness (QED) is 0.121. The van der Waals surface area contributed by atoms with Crippen molar-refractivity contribution in [3.05, 3.63) is 22.5 Å². The van der Waals surface area contributed by atoms with E-state index in [1.54, 1.807) is 42.3 Å². The summed E-state index contributed by atoms with van der Waals surface area (Å²) in [5, 5.41) is 21.1. The number of amides is 4. The summed E-state index contributed by atoms with van der Waals surface area (Å²) in [7, 11) is 0. The Kier molecular flexibility index (Phi) is 14.1. The number of aromatic amines is 1. The smallest absolute Gasteiger partial charge is 0.287 e. The number of rotatable bonds is 14. The van der Waals surface area contributed by atoms with Crippen LogP contribution >= 0.6 is 23.5 Å². The highest BCUT2D eigenvalue weighted by Crippen LogP contribution is 2.51. The number of aryl methyl sites for hydroxylation is 1. The van der Waals surface area contributed by atoms with Crippen LogP contribution < -0.4 is 21.7 Å². The van der Waals surface area contributed by atoms with E-state index in [1.165, 1.54) is 6.92 Å². The van der Waals surface area contributed by atoms with Crippen molar-refractivity contribution in [3.8, 4) is 0 Å². The van der Waals surface area contributed by atoms with Crippen LogP contribution in [0.2, 0.25) is 0 Å². The molecule has 3 aliphatic rings. The Morgan fingerprint density at radius 2 is 1.63 bits per heavy atom. The molecule has 52 heavy (non-hydrogen) atoms. The number of hydrogen-bond donors (Lipinski definition) is 6. The first-order chi connectivity index (χ1) is 24.4. The maximum absolute atomic E-state index is 14.4. The SMILES string of the molecule is CCC[C@H](NC(=O)[C@@H]1CC2(CN1C(O)[C@@H](NC(=O)[C@@H](NC(=O)c1[nH]c(C)c(C)c1C(C)=O)C1CCCCC1)C(C)(C)C)SCCCS2)C(=O)C(N)=O. The van der Waals surface area contributed by atoms with Crippen molar-refractivity contribution in [1.82, 2.24) is 25.8 Å². The summed E-state index contributed by atoms with van der Waals surface area (Å²) in [6.45, 7) is 12.9. The zero-order chi connectivity index (χ0) is 38.5. The molecule has 290 valence electrons. The van der Waals surface area contributed by atoms with Crippen LogP contribution in [0.1, 0.15) is 125 Å². The van der Waals surface area contributed by atoms with Crippen LogP contribution in [0.4, 0.5) is 0 Å². The number of aliphatic hydroxyl groups excluding tert-OH is 1. The summed E-state index contributed by atoms with van der Waals surface area (Å²) in [5.74, 6) is -2.08. The molecule has 3 heterocycles. The second-order valence-corrected chi connectivity index (χ2v) is 18.9. The summed E-state index contributed by atoms with van der Waals surface area (Å²) in [5.41, 5.74) is 6.40. The molecule has 0 bridgehead atoms. The fourth-order valence-corrected chi connectivity index (χ4v) is 11.2. The van der Waals surface area contributed by atoms with Gasteiger partial charge in [-0.15, -0.1) is 23.5 Å². The lowest BCUT2D eigenvalue weighted by Crippen LogP contribution is -2.63. The van der Waals surface area contributed by atoms with Crippen molar-refractivity contribution in [2.75, 3.05) is 18.1 Å². The van der Waals surface area contributed by atoms with E-state index in [4.69, 9.17) is 5.73 Å². The van der Waals surface area contributed by atoms with E-state index in [2.05, 4.69) is 20.9 Å². The first-order valence-corrected chi connectivity index (χ1v) is 20.5. The number of carbonyl (C=O) groups excluding carboxylic acids is 6. The molecule has 15 heteroatoms. The Balaban J connectivity index is 1.64. The van der Waals surface area contributed by atoms with Crippen molar-refractivity contribution >= 4 is 58.7 Å². The minimum absolute atomic E-state index is 0.124. The third kappa shape index (κ3) is 9.61. The fraction of sp³-hybridized carbons (Fsp3) is 0.730. The molecule has 0 radical (unpaired) electrons. The van der Waals surface area contributed by atoms with Gasteiger partial charge in [-0.05, 0) is 81.3 Å². The number of nitrogens with one attached hydrogen (secondary N) is 4. The minimum Gasteiger partial charge on any atom is -0.376 e. The number of carbonyl (C=O) groups is 6. The Bertz CT molecular complexity index is 1510. The minimum atomic E-state index is -1.32. The number of aromatic nitrogens is 1. The van der Waals surface area contributed by atoms with Gasteiger partial charge in [0.1, 0.15) is 18.0 Å². The number of thioether (sulfide) groups is 2. The monoisotopic (exact) mass is 762 g/mol. The molecule has 1 aromatic heterocycles. The molecule has 4 amide bonds. The normalized spacial score (nSPS) is 21.9.